The molecule has 0 fully saturated rings. The predicted octanol–water partition coefficient (Wildman–Crippen LogP) is 7.11. The van der Waals surface area contributed by atoms with Gasteiger partial charge in [0.15, 0.2) is 5.16 Å². The first kappa shape index (κ1) is 19.1. The zero-order chi connectivity index (χ0) is 18.6. The van der Waals surface area contributed by atoms with Crippen molar-refractivity contribution in [3.63, 3.8) is 0 Å². The van der Waals surface area contributed by atoms with Gasteiger partial charge in [-0.1, -0.05) is 58.9 Å². The Bertz CT molecular complexity index is 928. The Morgan fingerprint density at radius 3 is 2.22 bits per heavy atom. The molecular formula is C21H18Cl2N2S2. The number of benzene rings is 2. The van der Waals surface area contributed by atoms with Crippen LogP contribution in [0.25, 0.3) is 0 Å². The molecule has 0 atom stereocenters. The molecular weight excluding hydrogens is 415 g/mol. The highest BCUT2D eigenvalue weighted by molar-refractivity contribution is 7.99. The minimum absolute atomic E-state index is 0.753. The molecule has 1 aromatic heterocycles. The number of aryl methyl sites for hydroxylation is 1. The Kier molecular flexibility index (Phi) is 6.28. The van der Waals surface area contributed by atoms with Gasteiger partial charge in [0, 0.05) is 32.0 Å². The van der Waals surface area contributed by atoms with Gasteiger partial charge in [0.05, 0.1) is 0 Å². The third-order valence-electron chi connectivity index (χ3n) is 4.43. The number of fused-ring (bicyclic) bond motifs is 1. The van der Waals surface area contributed by atoms with Gasteiger partial charge >= 0.3 is 0 Å². The second-order valence-electron chi connectivity index (χ2n) is 6.41. The van der Waals surface area contributed by atoms with Crippen molar-refractivity contribution < 1.29 is 0 Å². The third-order valence-corrected chi connectivity index (χ3v) is 6.90. The second-order valence-corrected chi connectivity index (χ2v) is 9.29. The van der Waals surface area contributed by atoms with Gasteiger partial charge in [-0.3, -0.25) is 0 Å². The molecule has 0 amide bonds. The van der Waals surface area contributed by atoms with Gasteiger partial charge < -0.3 is 0 Å². The summed E-state index contributed by atoms with van der Waals surface area (Å²) >= 11 is 15.4. The molecule has 4 rings (SSSR count). The van der Waals surface area contributed by atoms with Crippen molar-refractivity contribution in [2.24, 2.45) is 0 Å². The first-order chi connectivity index (χ1) is 13.2. The predicted molar refractivity (Wildman–Crippen MR) is 115 cm³/mol. The van der Waals surface area contributed by atoms with E-state index in [0.29, 0.717) is 0 Å². The molecule has 27 heavy (non-hydrogen) atoms. The van der Waals surface area contributed by atoms with Crippen LogP contribution in [0, 0.1) is 0 Å². The maximum atomic E-state index is 6.02. The lowest BCUT2D eigenvalue weighted by Gasteiger charge is -2.18. The molecule has 0 N–H and O–H groups in total. The summed E-state index contributed by atoms with van der Waals surface area (Å²) in [6, 6.07) is 15.9. The van der Waals surface area contributed by atoms with E-state index in [-0.39, 0.29) is 0 Å². The van der Waals surface area contributed by atoms with Gasteiger partial charge in [-0.25, -0.2) is 9.97 Å². The lowest BCUT2D eigenvalue weighted by molar-refractivity contribution is 0.628. The molecule has 1 aliphatic carbocycles. The van der Waals surface area contributed by atoms with Crippen molar-refractivity contribution >= 4 is 46.7 Å². The van der Waals surface area contributed by atoms with E-state index < -0.39 is 0 Å². The molecule has 2 nitrogen and oxygen atoms in total. The van der Waals surface area contributed by atoms with E-state index >= 15 is 0 Å². The van der Waals surface area contributed by atoms with E-state index in [9.17, 15) is 0 Å². The van der Waals surface area contributed by atoms with Crippen LogP contribution < -0.4 is 0 Å². The van der Waals surface area contributed by atoms with E-state index in [4.69, 9.17) is 33.2 Å². The molecule has 138 valence electrons. The summed E-state index contributed by atoms with van der Waals surface area (Å²) in [6.07, 6.45) is 4.52. The van der Waals surface area contributed by atoms with E-state index in [1.54, 1.807) is 23.5 Å². The van der Waals surface area contributed by atoms with Crippen molar-refractivity contribution in [3.8, 4) is 0 Å². The van der Waals surface area contributed by atoms with Crippen LogP contribution in [-0.2, 0) is 18.6 Å². The summed E-state index contributed by atoms with van der Waals surface area (Å²) in [5.41, 5.74) is 3.75. The van der Waals surface area contributed by atoms with Crippen molar-refractivity contribution in [2.75, 3.05) is 0 Å². The number of aromatic nitrogens is 2. The zero-order valence-corrected chi connectivity index (χ0v) is 17.8. The molecule has 0 spiro atoms. The lowest BCUT2D eigenvalue weighted by Crippen LogP contribution is -2.09. The summed E-state index contributed by atoms with van der Waals surface area (Å²) in [5, 5.41) is 3.45. The van der Waals surface area contributed by atoms with Crippen molar-refractivity contribution in [3.05, 3.63) is 75.4 Å². The number of halogens is 2. The van der Waals surface area contributed by atoms with Gasteiger partial charge in [0.25, 0.3) is 0 Å². The minimum Gasteiger partial charge on any atom is -0.227 e. The van der Waals surface area contributed by atoms with E-state index in [1.165, 1.54) is 29.7 Å². The highest BCUT2D eigenvalue weighted by Gasteiger charge is 2.19. The Morgan fingerprint density at radius 1 is 0.815 bits per heavy atom. The molecule has 0 saturated heterocycles. The molecule has 6 heteroatoms. The van der Waals surface area contributed by atoms with Crippen LogP contribution in [0.1, 0.15) is 29.7 Å². The SMILES string of the molecule is Clc1ccc(CSc2nc3c(c(Sc4ccc(Cl)cc4)n2)CCCC3)cc1. The number of nitrogens with zero attached hydrogens (tertiary/aromatic N) is 2. The van der Waals surface area contributed by atoms with Crippen LogP contribution in [0.5, 0.6) is 0 Å². The monoisotopic (exact) mass is 432 g/mol. The maximum absolute atomic E-state index is 6.02. The summed E-state index contributed by atoms with van der Waals surface area (Å²) in [7, 11) is 0. The van der Waals surface area contributed by atoms with Gasteiger partial charge in [0.2, 0.25) is 0 Å². The quantitative estimate of drug-likeness (QED) is 0.243. The lowest BCUT2D eigenvalue weighted by atomic mass is 9.98. The fourth-order valence-corrected chi connectivity index (χ4v) is 5.13. The molecule has 0 unspecified atom stereocenters. The van der Waals surface area contributed by atoms with Crippen LogP contribution in [0.4, 0.5) is 0 Å². The van der Waals surface area contributed by atoms with Crippen molar-refractivity contribution in [2.45, 2.75) is 46.5 Å². The molecule has 0 radical (unpaired) electrons. The average Bonchev–Trinajstić information content (AvgIpc) is 2.69. The van der Waals surface area contributed by atoms with Crippen LogP contribution in [-0.4, -0.2) is 9.97 Å². The number of hydrogen-bond acceptors (Lipinski definition) is 4. The Labute approximate surface area is 178 Å². The molecule has 0 saturated carbocycles. The zero-order valence-electron chi connectivity index (χ0n) is 14.6. The van der Waals surface area contributed by atoms with Crippen LogP contribution in [0.15, 0.2) is 63.6 Å². The number of hydrogen-bond donors (Lipinski definition) is 0. The molecule has 0 aliphatic heterocycles. The van der Waals surface area contributed by atoms with Gasteiger partial charge in [0.1, 0.15) is 5.03 Å². The van der Waals surface area contributed by atoms with Gasteiger partial charge in [-0.15, -0.1) is 0 Å². The fraction of sp³-hybridized carbons (Fsp3) is 0.238. The first-order valence-electron chi connectivity index (χ1n) is 8.88. The van der Waals surface area contributed by atoms with Gasteiger partial charge in [-0.2, -0.15) is 0 Å². The standard InChI is InChI=1S/C21H18Cl2N2S2/c22-15-7-5-14(6-8-15)13-26-21-24-19-4-2-1-3-18(19)20(25-21)27-17-11-9-16(23)10-12-17/h5-12H,1-4,13H2. The van der Waals surface area contributed by atoms with E-state index in [0.717, 1.165) is 43.7 Å². The summed E-state index contributed by atoms with van der Waals surface area (Å²) in [5.74, 6) is 0.834. The molecule has 2 aromatic carbocycles. The molecule has 1 heterocycles. The second kappa shape index (κ2) is 8.87. The Morgan fingerprint density at radius 2 is 1.48 bits per heavy atom. The minimum atomic E-state index is 0.753. The number of thioether (sulfide) groups is 1. The normalized spacial score (nSPS) is 13.4. The van der Waals surface area contributed by atoms with E-state index in [1.807, 2.05) is 36.4 Å². The summed E-state index contributed by atoms with van der Waals surface area (Å²) < 4.78 is 0. The highest BCUT2D eigenvalue weighted by Crippen LogP contribution is 2.35. The molecule has 3 aromatic rings. The molecule has 0 bridgehead atoms. The Hall–Kier alpha value is -1.20. The topological polar surface area (TPSA) is 25.8 Å². The maximum Gasteiger partial charge on any atom is 0.189 e. The average molecular weight is 433 g/mol. The Balaban J connectivity index is 1.58. The van der Waals surface area contributed by atoms with Crippen LogP contribution in [0.3, 0.4) is 0 Å². The van der Waals surface area contributed by atoms with Crippen molar-refractivity contribution in [1.82, 2.24) is 9.97 Å². The number of rotatable bonds is 5. The van der Waals surface area contributed by atoms with Crippen LogP contribution in [0.2, 0.25) is 10.0 Å². The third kappa shape index (κ3) is 5.00. The van der Waals surface area contributed by atoms with Gasteiger partial charge in [-0.05, 0) is 67.6 Å². The van der Waals surface area contributed by atoms with Crippen LogP contribution >= 0.6 is 46.7 Å². The highest BCUT2D eigenvalue weighted by atomic mass is 35.5. The summed E-state index contributed by atoms with van der Waals surface area (Å²) in [6.45, 7) is 0. The fourth-order valence-electron chi connectivity index (χ4n) is 3.03. The summed E-state index contributed by atoms with van der Waals surface area (Å²) in [4.78, 5) is 10.9. The smallest absolute Gasteiger partial charge is 0.189 e. The van der Waals surface area contributed by atoms with Crippen molar-refractivity contribution in [1.29, 1.82) is 0 Å². The van der Waals surface area contributed by atoms with E-state index in [2.05, 4.69) is 12.1 Å². The molecule has 1 aliphatic rings. The largest absolute Gasteiger partial charge is 0.227 e. The first-order valence-corrected chi connectivity index (χ1v) is 11.4.